The molecule has 3 atom stereocenters. The number of alkyl carbamates (subject to hydrolysis) is 1. The summed E-state index contributed by atoms with van der Waals surface area (Å²) >= 11 is 0. The molecule has 0 bridgehead atoms. The summed E-state index contributed by atoms with van der Waals surface area (Å²) in [5.41, 5.74) is 0.769. The van der Waals surface area contributed by atoms with E-state index in [9.17, 15) is 14.0 Å². The number of ether oxygens (including phenoxy) is 1. The third-order valence-corrected chi connectivity index (χ3v) is 3.77. The van der Waals surface area contributed by atoms with Gasteiger partial charge in [0, 0.05) is 6.42 Å². The Morgan fingerprint density at radius 2 is 2.08 bits per heavy atom. The molecule has 1 aliphatic rings. The van der Waals surface area contributed by atoms with Crippen LogP contribution in [0.4, 0.5) is 9.18 Å². The van der Waals surface area contributed by atoms with Crippen molar-refractivity contribution in [3.8, 4) is 0 Å². The van der Waals surface area contributed by atoms with Gasteiger partial charge >= 0.3 is 13.4 Å². The third-order valence-electron chi connectivity index (χ3n) is 3.77. The molecule has 2 amide bonds. The smallest absolute Gasteiger partial charge is 0.441 e. The van der Waals surface area contributed by atoms with Gasteiger partial charge < -0.3 is 24.3 Å². The van der Waals surface area contributed by atoms with Crippen molar-refractivity contribution >= 4 is 19.3 Å². The summed E-state index contributed by atoms with van der Waals surface area (Å²) in [5.74, 6) is -0.451. The molecule has 0 saturated carbocycles. The van der Waals surface area contributed by atoms with E-state index in [0.717, 1.165) is 11.6 Å². The minimum Gasteiger partial charge on any atom is -0.441 e. The molecule has 0 radical (unpaired) electrons. The van der Waals surface area contributed by atoms with Crippen molar-refractivity contribution < 1.29 is 33.4 Å². The predicted molar refractivity (Wildman–Crippen MR) is 90.3 cm³/mol. The van der Waals surface area contributed by atoms with Crippen LogP contribution in [0.5, 0.6) is 0 Å². The zero-order valence-corrected chi connectivity index (χ0v) is 14.0. The van der Waals surface area contributed by atoms with E-state index in [1.807, 2.05) is 0 Å². The molecule has 1 heterocycles. The Bertz CT molecular complexity index is 632. The van der Waals surface area contributed by atoms with Gasteiger partial charge in [0.2, 0.25) is 5.91 Å². The zero-order valence-electron chi connectivity index (χ0n) is 14.0. The Morgan fingerprint density at radius 3 is 2.69 bits per heavy atom. The highest BCUT2D eigenvalue weighted by atomic mass is 19.1. The quantitative estimate of drug-likeness (QED) is 0.356. The highest BCUT2D eigenvalue weighted by Gasteiger charge is 2.37. The minimum atomic E-state index is -2.11. The summed E-state index contributed by atoms with van der Waals surface area (Å²) in [4.78, 5) is 24.7. The number of hydrogen-bond donors (Lipinski definition) is 3. The lowest BCUT2D eigenvalue weighted by molar-refractivity contribution is -0.125. The second kappa shape index (κ2) is 9.32. The van der Waals surface area contributed by atoms with Crippen molar-refractivity contribution in [3.05, 3.63) is 48.6 Å². The Balaban J connectivity index is 1.92. The lowest BCUT2D eigenvalue weighted by atomic mass is 10.1. The fourth-order valence-corrected chi connectivity index (χ4v) is 2.57. The zero-order chi connectivity index (χ0) is 19.1. The van der Waals surface area contributed by atoms with E-state index < -0.39 is 37.8 Å². The first-order valence-electron chi connectivity index (χ1n) is 7.97. The van der Waals surface area contributed by atoms with E-state index in [2.05, 4.69) is 11.9 Å². The number of amides is 2. The molecule has 8 nitrogen and oxygen atoms in total. The topological polar surface area (TPSA) is 108 Å². The maximum Gasteiger partial charge on any atom is 0.635 e. The predicted octanol–water partition coefficient (Wildman–Crippen LogP) is 0.00240. The minimum absolute atomic E-state index is 0.0910. The summed E-state index contributed by atoms with van der Waals surface area (Å²) in [7, 11) is -2.11. The number of nitrogens with zero attached hydrogens (tertiary/aromatic N) is 1. The van der Waals surface area contributed by atoms with Gasteiger partial charge in [0.05, 0.1) is 13.1 Å². The second-order valence-electron chi connectivity index (χ2n) is 5.69. The molecule has 1 aromatic carbocycles. The molecule has 1 saturated heterocycles. The van der Waals surface area contributed by atoms with Crippen LogP contribution < -0.4 is 5.32 Å². The van der Waals surface area contributed by atoms with Gasteiger partial charge in [-0.25, -0.2) is 9.18 Å². The molecule has 1 aromatic rings. The Labute approximate surface area is 150 Å². The van der Waals surface area contributed by atoms with Crippen molar-refractivity contribution in [1.29, 1.82) is 0 Å². The van der Waals surface area contributed by atoms with Crippen LogP contribution in [0.2, 0.25) is 0 Å². The van der Waals surface area contributed by atoms with Crippen molar-refractivity contribution in [2.24, 2.45) is 0 Å². The number of carbonyl (C=O) groups excluding carboxylic acids is 2. The number of rotatable bonds is 7. The van der Waals surface area contributed by atoms with Crippen molar-refractivity contribution in [2.75, 3.05) is 13.1 Å². The van der Waals surface area contributed by atoms with Crippen LogP contribution in [0.25, 0.3) is 0 Å². The van der Waals surface area contributed by atoms with Crippen LogP contribution in [-0.2, 0) is 20.6 Å². The molecule has 1 aliphatic heterocycles. The lowest BCUT2D eigenvalue weighted by Crippen LogP contribution is -2.44. The van der Waals surface area contributed by atoms with Crippen LogP contribution in [0.15, 0.2) is 43.0 Å². The maximum atomic E-state index is 13.9. The third kappa shape index (κ3) is 5.83. The number of likely N-dealkylation sites (tertiary alicyclic amines) is 1. The van der Waals surface area contributed by atoms with E-state index in [0.29, 0.717) is 0 Å². The first-order chi connectivity index (χ1) is 12.4. The Hall–Kier alpha value is -2.43. The molecule has 1 fully saturated rings. The van der Waals surface area contributed by atoms with Gasteiger partial charge in [-0.05, 0) is 11.6 Å². The van der Waals surface area contributed by atoms with E-state index >= 15 is 0 Å². The van der Waals surface area contributed by atoms with Crippen molar-refractivity contribution in [2.45, 2.75) is 24.9 Å². The van der Waals surface area contributed by atoms with Crippen LogP contribution in [0, 0.1) is 0 Å². The van der Waals surface area contributed by atoms with Crippen molar-refractivity contribution in [3.63, 3.8) is 0 Å². The SMILES string of the molecule is C=CC(=O)N1C[C@@H](F)[C@H](OC(=O)N[C@@H](Cc2ccccc2)OB(O)O)C1. The summed E-state index contributed by atoms with van der Waals surface area (Å²) < 4.78 is 23.8. The molecule has 2 rings (SSSR count). The summed E-state index contributed by atoms with van der Waals surface area (Å²) in [6.45, 7) is 3.04. The van der Waals surface area contributed by atoms with Gasteiger partial charge in [-0.15, -0.1) is 0 Å². The highest BCUT2D eigenvalue weighted by molar-refractivity contribution is 6.32. The van der Waals surface area contributed by atoms with Crippen LogP contribution >= 0.6 is 0 Å². The van der Waals surface area contributed by atoms with Crippen molar-refractivity contribution in [1.82, 2.24) is 10.2 Å². The molecule has 0 aliphatic carbocycles. The number of benzene rings is 1. The average Bonchev–Trinajstić information content (AvgIpc) is 2.95. The van der Waals surface area contributed by atoms with Gasteiger partial charge in [-0.3, -0.25) is 10.1 Å². The summed E-state index contributed by atoms with van der Waals surface area (Å²) in [6.07, 6.45) is -3.56. The fraction of sp³-hybridized carbons (Fsp3) is 0.375. The number of hydrogen-bond acceptors (Lipinski definition) is 6. The fourth-order valence-electron chi connectivity index (χ4n) is 2.57. The van der Waals surface area contributed by atoms with E-state index in [1.165, 1.54) is 4.90 Å². The molecule has 0 aromatic heterocycles. The van der Waals surface area contributed by atoms with Gasteiger partial charge in [0.15, 0.2) is 12.3 Å². The monoisotopic (exact) mass is 366 g/mol. The molecule has 0 unspecified atom stereocenters. The normalized spacial score (nSPS) is 20.3. The molecule has 0 spiro atoms. The van der Waals surface area contributed by atoms with E-state index in [1.54, 1.807) is 30.3 Å². The summed E-state index contributed by atoms with van der Waals surface area (Å²) in [6, 6.07) is 8.88. The lowest BCUT2D eigenvalue weighted by Gasteiger charge is -2.21. The Kier molecular flexibility index (Phi) is 7.13. The largest absolute Gasteiger partial charge is 0.635 e. The van der Waals surface area contributed by atoms with Crippen LogP contribution in [0.1, 0.15) is 5.56 Å². The maximum absolute atomic E-state index is 13.9. The van der Waals surface area contributed by atoms with E-state index in [4.69, 9.17) is 19.4 Å². The first kappa shape index (κ1) is 19.9. The van der Waals surface area contributed by atoms with Gasteiger partial charge in [0.25, 0.3) is 0 Å². The number of nitrogens with one attached hydrogen (secondary N) is 1. The average molecular weight is 366 g/mol. The standard InChI is InChI=1S/C16H20BFN2O6/c1-2-15(21)20-9-12(18)13(10-20)25-16(22)19-14(26-17(23)24)8-11-6-4-3-5-7-11/h2-7,12-14,23-24H,1,8-10H2,(H,19,22)/t12-,13-,14-/m1/s1. The molecular formula is C16H20BFN2O6. The number of carbonyl (C=O) groups is 2. The highest BCUT2D eigenvalue weighted by Crippen LogP contribution is 2.17. The molecule has 140 valence electrons. The van der Waals surface area contributed by atoms with Gasteiger partial charge in [0.1, 0.15) is 6.23 Å². The first-order valence-corrected chi connectivity index (χ1v) is 7.97. The van der Waals surface area contributed by atoms with E-state index in [-0.39, 0.29) is 19.5 Å². The second-order valence-corrected chi connectivity index (χ2v) is 5.69. The molecule has 26 heavy (non-hydrogen) atoms. The number of halogens is 1. The van der Waals surface area contributed by atoms with Crippen LogP contribution in [-0.4, -0.2) is 65.9 Å². The molecule has 10 heteroatoms. The van der Waals surface area contributed by atoms with Crippen LogP contribution in [0.3, 0.4) is 0 Å². The Morgan fingerprint density at radius 1 is 1.38 bits per heavy atom. The van der Waals surface area contributed by atoms with Gasteiger partial charge in [-0.1, -0.05) is 36.9 Å². The molecule has 3 N–H and O–H groups in total. The summed E-state index contributed by atoms with van der Waals surface area (Å²) in [5, 5.41) is 20.3. The molecular weight excluding hydrogens is 346 g/mol. The number of alkyl halides is 1. The van der Waals surface area contributed by atoms with Gasteiger partial charge in [-0.2, -0.15) is 0 Å².